The number of rotatable bonds is 3. The van der Waals surface area contributed by atoms with Gasteiger partial charge in [0.05, 0.1) is 0 Å². The molecule has 0 spiro atoms. The molecule has 1 aliphatic rings. The third-order valence-corrected chi connectivity index (χ3v) is 3.47. The number of piperidine rings is 1. The first kappa shape index (κ1) is 13.6. The minimum Gasteiger partial charge on any atom is -0.333 e. The fourth-order valence-electron chi connectivity index (χ4n) is 2.63. The minimum absolute atomic E-state index is 0.0863. The Labute approximate surface area is 113 Å². The van der Waals surface area contributed by atoms with Gasteiger partial charge in [0.1, 0.15) is 6.04 Å². The first-order valence-corrected chi connectivity index (χ1v) is 6.70. The minimum atomic E-state index is -0.327. The Bertz CT molecular complexity index is 465. The van der Waals surface area contributed by atoms with Crippen molar-refractivity contribution in [3.05, 3.63) is 29.3 Å². The molecule has 1 aromatic carbocycles. The highest BCUT2D eigenvalue weighted by Gasteiger charge is 2.27. The van der Waals surface area contributed by atoms with E-state index in [0.29, 0.717) is 6.54 Å². The molecule has 0 aromatic heterocycles. The number of carbonyl (C=O) groups is 2. The van der Waals surface area contributed by atoms with Gasteiger partial charge in [0.2, 0.25) is 12.3 Å². The van der Waals surface area contributed by atoms with Crippen LogP contribution in [0.1, 0.15) is 30.4 Å². The van der Waals surface area contributed by atoms with Crippen LogP contribution < -0.4 is 5.32 Å². The summed E-state index contributed by atoms with van der Waals surface area (Å²) in [6, 6.07) is 5.62. The fourth-order valence-corrected chi connectivity index (χ4v) is 2.63. The summed E-state index contributed by atoms with van der Waals surface area (Å²) in [4.78, 5) is 24.8. The normalized spacial score (nSPS) is 19.1. The first-order valence-electron chi connectivity index (χ1n) is 6.70. The van der Waals surface area contributed by atoms with E-state index in [1.54, 1.807) is 4.90 Å². The van der Waals surface area contributed by atoms with E-state index in [9.17, 15) is 9.59 Å². The third-order valence-electron chi connectivity index (χ3n) is 3.47. The van der Waals surface area contributed by atoms with Crippen molar-refractivity contribution in [1.29, 1.82) is 0 Å². The summed E-state index contributed by atoms with van der Waals surface area (Å²) in [6.07, 6.45) is 3.50. The second-order valence-corrected chi connectivity index (χ2v) is 5.22. The Balaban J connectivity index is 2.09. The highest BCUT2D eigenvalue weighted by molar-refractivity contribution is 5.96. The first-order chi connectivity index (χ1) is 9.10. The van der Waals surface area contributed by atoms with Gasteiger partial charge in [-0.1, -0.05) is 6.07 Å². The Morgan fingerprint density at radius 3 is 2.58 bits per heavy atom. The molecular weight excluding hydrogens is 240 g/mol. The van der Waals surface area contributed by atoms with Crippen molar-refractivity contribution >= 4 is 18.0 Å². The zero-order chi connectivity index (χ0) is 13.8. The Kier molecular flexibility index (Phi) is 4.20. The molecule has 1 atom stereocenters. The molecule has 4 heteroatoms. The van der Waals surface area contributed by atoms with Crippen molar-refractivity contribution in [3.8, 4) is 0 Å². The SMILES string of the molecule is Cc1cc(C)cc(NC(=O)[C@@H]2CCCCN2C=O)c1. The van der Waals surface area contributed by atoms with Gasteiger partial charge in [-0.15, -0.1) is 0 Å². The molecule has 19 heavy (non-hydrogen) atoms. The maximum absolute atomic E-state index is 12.2. The predicted molar refractivity (Wildman–Crippen MR) is 75.0 cm³/mol. The van der Waals surface area contributed by atoms with Gasteiger partial charge in [-0.05, 0) is 56.4 Å². The van der Waals surface area contributed by atoms with Crippen LogP contribution in [-0.4, -0.2) is 29.8 Å². The van der Waals surface area contributed by atoms with Gasteiger partial charge in [0.15, 0.2) is 0 Å². The molecule has 102 valence electrons. The van der Waals surface area contributed by atoms with Crippen LogP contribution in [-0.2, 0) is 9.59 Å². The molecule has 2 rings (SSSR count). The summed E-state index contributed by atoms with van der Waals surface area (Å²) < 4.78 is 0. The summed E-state index contributed by atoms with van der Waals surface area (Å²) in [6.45, 7) is 4.68. The van der Waals surface area contributed by atoms with E-state index < -0.39 is 0 Å². The van der Waals surface area contributed by atoms with Crippen molar-refractivity contribution < 1.29 is 9.59 Å². The molecule has 0 saturated carbocycles. The molecule has 1 aromatic rings. The van der Waals surface area contributed by atoms with Crippen LogP contribution >= 0.6 is 0 Å². The summed E-state index contributed by atoms with van der Waals surface area (Å²) in [5.41, 5.74) is 3.04. The van der Waals surface area contributed by atoms with Gasteiger partial charge in [-0.2, -0.15) is 0 Å². The largest absolute Gasteiger partial charge is 0.333 e. The number of likely N-dealkylation sites (tertiary alicyclic amines) is 1. The highest BCUT2D eigenvalue weighted by Crippen LogP contribution is 2.19. The van der Waals surface area contributed by atoms with Crippen molar-refractivity contribution in [2.45, 2.75) is 39.2 Å². The smallest absolute Gasteiger partial charge is 0.247 e. The predicted octanol–water partition coefficient (Wildman–Crippen LogP) is 2.25. The van der Waals surface area contributed by atoms with Crippen LogP contribution in [0.3, 0.4) is 0 Å². The Hall–Kier alpha value is -1.84. The number of amides is 2. The van der Waals surface area contributed by atoms with Crippen LogP contribution in [0, 0.1) is 13.8 Å². The molecule has 1 saturated heterocycles. The molecule has 0 unspecified atom stereocenters. The van der Waals surface area contributed by atoms with Crippen LogP contribution in [0.25, 0.3) is 0 Å². The van der Waals surface area contributed by atoms with Crippen molar-refractivity contribution in [2.75, 3.05) is 11.9 Å². The molecule has 1 heterocycles. The summed E-state index contributed by atoms with van der Waals surface area (Å²) in [5, 5.41) is 2.92. The Morgan fingerprint density at radius 2 is 1.95 bits per heavy atom. The molecule has 1 aliphatic heterocycles. The lowest BCUT2D eigenvalue weighted by Gasteiger charge is -2.31. The van der Waals surface area contributed by atoms with E-state index in [-0.39, 0.29) is 11.9 Å². The lowest BCUT2D eigenvalue weighted by molar-refractivity contribution is -0.131. The van der Waals surface area contributed by atoms with E-state index in [1.807, 2.05) is 26.0 Å². The van der Waals surface area contributed by atoms with Gasteiger partial charge in [-0.25, -0.2) is 0 Å². The van der Waals surface area contributed by atoms with Gasteiger partial charge in [-0.3, -0.25) is 9.59 Å². The van der Waals surface area contributed by atoms with Crippen LogP contribution in [0.5, 0.6) is 0 Å². The summed E-state index contributed by atoms with van der Waals surface area (Å²) in [7, 11) is 0. The fraction of sp³-hybridized carbons (Fsp3) is 0.467. The van der Waals surface area contributed by atoms with E-state index in [1.165, 1.54) is 0 Å². The topological polar surface area (TPSA) is 49.4 Å². The second-order valence-electron chi connectivity index (χ2n) is 5.22. The average molecular weight is 260 g/mol. The molecule has 0 radical (unpaired) electrons. The van der Waals surface area contributed by atoms with Crippen molar-refractivity contribution in [3.63, 3.8) is 0 Å². The molecule has 1 fully saturated rings. The van der Waals surface area contributed by atoms with Crippen molar-refractivity contribution in [1.82, 2.24) is 4.90 Å². The van der Waals surface area contributed by atoms with Gasteiger partial charge in [0, 0.05) is 12.2 Å². The van der Waals surface area contributed by atoms with Crippen LogP contribution in [0.2, 0.25) is 0 Å². The molecule has 0 aliphatic carbocycles. The third kappa shape index (κ3) is 3.34. The quantitative estimate of drug-likeness (QED) is 0.847. The molecule has 0 bridgehead atoms. The zero-order valence-corrected chi connectivity index (χ0v) is 11.5. The van der Waals surface area contributed by atoms with E-state index >= 15 is 0 Å². The summed E-state index contributed by atoms with van der Waals surface area (Å²) >= 11 is 0. The van der Waals surface area contributed by atoms with Crippen LogP contribution in [0.15, 0.2) is 18.2 Å². The molecule has 1 N–H and O–H groups in total. The molecule has 4 nitrogen and oxygen atoms in total. The lowest BCUT2D eigenvalue weighted by atomic mass is 10.0. The monoisotopic (exact) mass is 260 g/mol. The number of nitrogens with one attached hydrogen (secondary N) is 1. The number of hydrogen-bond acceptors (Lipinski definition) is 2. The number of hydrogen-bond donors (Lipinski definition) is 1. The van der Waals surface area contributed by atoms with Gasteiger partial charge in [0.25, 0.3) is 0 Å². The lowest BCUT2D eigenvalue weighted by Crippen LogP contribution is -2.46. The average Bonchev–Trinajstić information content (AvgIpc) is 2.37. The van der Waals surface area contributed by atoms with Crippen LogP contribution in [0.4, 0.5) is 5.69 Å². The number of aryl methyl sites for hydroxylation is 2. The van der Waals surface area contributed by atoms with E-state index in [0.717, 1.165) is 42.5 Å². The zero-order valence-electron chi connectivity index (χ0n) is 11.5. The maximum atomic E-state index is 12.2. The number of benzene rings is 1. The van der Waals surface area contributed by atoms with E-state index in [4.69, 9.17) is 0 Å². The number of nitrogens with zero attached hydrogens (tertiary/aromatic N) is 1. The molecular formula is C15H20N2O2. The van der Waals surface area contributed by atoms with Gasteiger partial charge < -0.3 is 10.2 Å². The Morgan fingerprint density at radius 1 is 1.26 bits per heavy atom. The standard InChI is InChI=1S/C15H20N2O2/c1-11-7-12(2)9-13(8-11)16-15(19)14-5-3-4-6-17(14)10-18/h7-10,14H,3-6H2,1-2H3,(H,16,19)/t14-/m0/s1. The number of carbonyl (C=O) groups excluding carboxylic acids is 2. The maximum Gasteiger partial charge on any atom is 0.247 e. The van der Waals surface area contributed by atoms with E-state index in [2.05, 4.69) is 11.4 Å². The van der Waals surface area contributed by atoms with Gasteiger partial charge >= 0.3 is 0 Å². The molecule has 2 amide bonds. The second kappa shape index (κ2) is 5.87. The van der Waals surface area contributed by atoms with Crippen molar-refractivity contribution in [2.24, 2.45) is 0 Å². The summed E-state index contributed by atoms with van der Waals surface area (Å²) in [5.74, 6) is -0.0863. The highest BCUT2D eigenvalue weighted by atomic mass is 16.2. The number of anilines is 1.